The Labute approximate surface area is 353 Å². The van der Waals surface area contributed by atoms with E-state index in [4.69, 9.17) is 4.42 Å². The number of hydrogen-bond donors (Lipinski definition) is 0. The molecule has 0 unspecified atom stereocenters. The van der Waals surface area contributed by atoms with Gasteiger partial charge < -0.3 is 13.9 Å². The lowest BCUT2D eigenvalue weighted by Crippen LogP contribution is -2.09. The molecule has 0 bridgehead atoms. The normalized spacial score (nSPS) is 11.6. The summed E-state index contributed by atoms with van der Waals surface area (Å²) in [6.07, 6.45) is 0. The molecule has 12 aromatic rings. The molecule has 0 spiro atoms. The van der Waals surface area contributed by atoms with Gasteiger partial charge >= 0.3 is 0 Å². The number of benzene rings is 10. The second kappa shape index (κ2) is 14.3. The van der Waals surface area contributed by atoms with Crippen LogP contribution in [0.4, 0.5) is 17.1 Å². The van der Waals surface area contributed by atoms with Gasteiger partial charge in [-0.3, -0.25) is 0 Å². The number of furan rings is 1. The Bertz CT molecular complexity index is 3530. The van der Waals surface area contributed by atoms with Crippen molar-refractivity contribution in [3.8, 4) is 39.1 Å². The van der Waals surface area contributed by atoms with Crippen molar-refractivity contribution in [2.45, 2.75) is 0 Å². The Kier molecular flexibility index (Phi) is 8.17. The molecule has 2 aromatic heterocycles. The molecular weight excluding hydrogens is 741 g/mol. The van der Waals surface area contributed by atoms with Gasteiger partial charge in [-0.2, -0.15) is 0 Å². The molecule has 0 amide bonds. The molecule has 0 fully saturated rings. The van der Waals surface area contributed by atoms with Crippen LogP contribution >= 0.6 is 0 Å². The fraction of sp³-hybridized carbons (Fsp3) is 0. The molecule has 3 heteroatoms. The van der Waals surface area contributed by atoms with Gasteiger partial charge in [-0.15, -0.1) is 0 Å². The van der Waals surface area contributed by atoms with Gasteiger partial charge in [0.2, 0.25) is 0 Å². The minimum absolute atomic E-state index is 0.881. The Morgan fingerprint density at radius 1 is 0.311 bits per heavy atom. The van der Waals surface area contributed by atoms with E-state index in [1.165, 1.54) is 60.4 Å². The molecule has 0 aliphatic carbocycles. The zero-order valence-corrected chi connectivity index (χ0v) is 33.2. The number of para-hydroxylation sites is 4. The Morgan fingerprint density at radius 2 is 0.852 bits per heavy atom. The molecule has 0 atom stereocenters. The maximum absolute atomic E-state index is 6.25. The Morgan fingerprint density at radius 3 is 1.62 bits per heavy atom. The number of nitrogens with zero attached hydrogens (tertiary/aromatic N) is 2. The number of fused-ring (bicyclic) bond motifs is 7. The molecule has 0 aliphatic heterocycles. The van der Waals surface area contributed by atoms with Crippen molar-refractivity contribution in [1.29, 1.82) is 0 Å². The molecule has 12 rings (SSSR count). The van der Waals surface area contributed by atoms with Gasteiger partial charge in [0, 0.05) is 44.2 Å². The smallest absolute Gasteiger partial charge is 0.135 e. The van der Waals surface area contributed by atoms with Crippen molar-refractivity contribution in [2.75, 3.05) is 4.90 Å². The highest BCUT2D eigenvalue weighted by molar-refractivity contribution is 6.10. The van der Waals surface area contributed by atoms with Crippen LogP contribution in [0.1, 0.15) is 0 Å². The number of hydrogen-bond acceptors (Lipinski definition) is 2. The summed E-state index contributed by atoms with van der Waals surface area (Å²) in [7, 11) is 0. The van der Waals surface area contributed by atoms with Crippen molar-refractivity contribution in [1.82, 2.24) is 4.57 Å². The van der Waals surface area contributed by atoms with Crippen LogP contribution in [-0.4, -0.2) is 4.57 Å². The summed E-state index contributed by atoms with van der Waals surface area (Å²) in [5.41, 5.74) is 15.7. The highest BCUT2D eigenvalue weighted by atomic mass is 16.3. The van der Waals surface area contributed by atoms with Gasteiger partial charge in [-0.05, 0) is 111 Å². The highest BCUT2D eigenvalue weighted by Crippen LogP contribution is 2.42. The maximum Gasteiger partial charge on any atom is 0.135 e. The van der Waals surface area contributed by atoms with Gasteiger partial charge in [0.1, 0.15) is 11.2 Å². The number of rotatable bonds is 7. The molecule has 2 heterocycles. The Balaban J connectivity index is 0.940. The lowest BCUT2D eigenvalue weighted by molar-refractivity contribution is 0.669. The molecule has 0 saturated carbocycles. The van der Waals surface area contributed by atoms with E-state index in [1.807, 2.05) is 12.1 Å². The summed E-state index contributed by atoms with van der Waals surface area (Å²) >= 11 is 0. The standard InChI is InChI=1S/C58H38N2O/c1-2-17-47-40(13-1)14-12-22-48(47)41-29-33-45(34-30-41)59(46-35-36-58-53(38-46)52-21-6-10-26-57(52)61-58)44-31-27-39(28-32-44)42-15-11-16-43(37-42)49-18-3-7-23-54(49)60-55-24-8-4-19-50(55)51-20-5-9-25-56(51)60/h1-38H. The predicted octanol–water partition coefficient (Wildman–Crippen LogP) is 16.3. The average Bonchev–Trinajstić information content (AvgIpc) is 3.87. The van der Waals surface area contributed by atoms with Crippen molar-refractivity contribution in [2.24, 2.45) is 0 Å². The molecule has 0 saturated heterocycles. The molecule has 61 heavy (non-hydrogen) atoms. The fourth-order valence-corrected chi connectivity index (χ4v) is 9.33. The monoisotopic (exact) mass is 778 g/mol. The third-order valence-electron chi connectivity index (χ3n) is 12.2. The minimum Gasteiger partial charge on any atom is -0.456 e. The average molecular weight is 779 g/mol. The van der Waals surface area contributed by atoms with E-state index in [0.29, 0.717) is 0 Å². The van der Waals surface area contributed by atoms with Crippen LogP contribution in [0.3, 0.4) is 0 Å². The third-order valence-corrected chi connectivity index (χ3v) is 12.2. The van der Waals surface area contributed by atoms with Gasteiger partial charge in [0.15, 0.2) is 0 Å². The van der Waals surface area contributed by atoms with Crippen LogP contribution in [0.2, 0.25) is 0 Å². The first-order valence-corrected chi connectivity index (χ1v) is 20.8. The first kappa shape index (κ1) is 34.9. The molecule has 0 aliphatic rings. The first-order chi connectivity index (χ1) is 30.2. The van der Waals surface area contributed by atoms with E-state index >= 15 is 0 Å². The fourth-order valence-electron chi connectivity index (χ4n) is 9.33. The lowest BCUT2D eigenvalue weighted by Gasteiger charge is -2.26. The molecule has 3 nitrogen and oxygen atoms in total. The lowest BCUT2D eigenvalue weighted by atomic mass is 9.97. The van der Waals surface area contributed by atoms with Crippen LogP contribution < -0.4 is 4.90 Å². The summed E-state index contributed by atoms with van der Waals surface area (Å²) in [6.45, 7) is 0. The van der Waals surface area contributed by atoms with Crippen LogP contribution in [0, 0.1) is 0 Å². The summed E-state index contributed by atoms with van der Waals surface area (Å²) in [6, 6.07) is 83.0. The zero-order valence-electron chi connectivity index (χ0n) is 33.2. The third kappa shape index (κ3) is 5.90. The highest BCUT2D eigenvalue weighted by Gasteiger charge is 2.18. The van der Waals surface area contributed by atoms with Crippen molar-refractivity contribution < 1.29 is 4.42 Å². The summed E-state index contributed by atoms with van der Waals surface area (Å²) < 4.78 is 8.66. The summed E-state index contributed by atoms with van der Waals surface area (Å²) in [5.74, 6) is 0. The van der Waals surface area contributed by atoms with Gasteiger partial charge in [0.05, 0.1) is 16.7 Å². The number of aromatic nitrogens is 1. The van der Waals surface area contributed by atoms with Gasteiger partial charge in [-0.25, -0.2) is 0 Å². The molecule has 286 valence electrons. The quantitative estimate of drug-likeness (QED) is 0.161. The maximum atomic E-state index is 6.25. The topological polar surface area (TPSA) is 21.3 Å². The van der Waals surface area contributed by atoms with Crippen LogP contribution in [0.25, 0.3) is 93.6 Å². The summed E-state index contributed by atoms with van der Waals surface area (Å²) in [4.78, 5) is 2.34. The van der Waals surface area contributed by atoms with E-state index in [9.17, 15) is 0 Å². The second-order valence-corrected chi connectivity index (χ2v) is 15.7. The zero-order chi connectivity index (χ0) is 40.3. The largest absolute Gasteiger partial charge is 0.456 e. The first-order valence-electron chi connectivity index (χ1n) is 20.8. The van der Waals surface area contributed by atoms with E-state index in [2.05, 4.69) is 228 Å². The minimum atomic E-state index is 0.881. The molecule has 0 radical (unpaired) electrons. The second-order valence-electron chi connectivity index (χ2n) is 15.7. The Hall–Kier alpha value is -8.14. The molecule has 10 aromatic carbocycles. The van der Waals surface area contributed by atoms with Crippen molar-refractivity contribution in [3.05, 3.63) is 231 Å². The molecule has 0 N–H and O–H groups in total. The van der Waals surface area contributed by atoms with Crippen molar-refractivity contribution >= 4 is 71.6 Å². The predicted molar refractivity (Wildman–Crippen MR) is 257 cm³/mol. The van der Waals surface area contributed by atoms with Crippen molar-refractivity contribution in [3.63, 3.8) is 0 Å². The van der Waals surface area contributed by atoms with Crippen LogP contribution in [-0.2, 0) is 0 Å². The van der Waals surface area contributed by atoms with E-state index in [0.717, 1.165) is 50.3 Å². The van der Waals surface area contributed by atoms with Crippen LogP contribution in [0.15, 0.2) is 235 Å². The van der Waals surface area contributed by atoms with E-state index < -0.39 is 0 Å². The number of anilines is 3. The van der Waals surface area contributed by atoms with Crippen LogP contribution in [0.5, 0.6) is 0 Å². The van der Waals surface area contributed by atoms with Gasteiger partial charge in [0.25, 0.3) is 0 Å². The molecular formula is C58H38N2O. The van der Waals surface area contributed by atoms with E-state index in [1.54, 1.807) is 0 Å². The SMILES string of the molecule is c1cc(-c2ccc(N(c3ccc(-c4cccc5ccccc45)cc3)c3ccc4oc5ccccc5c4c3)cc2)cc(-c2ccccc2-n2c3ccccc3c3ccccc32)c1. The van der Waals surface area contributed by atoms with Gasteiger partial charge in [-0.1, -0.05) is 158 Å². The van der Waals surface area contributed by atoms with E-state index in [-0.39, 0.29) is 0 Å². The summed E-state index contributed by atoms with van der Waals surface area (Å²) in [5, 5.41) is 7.22.